The number of hydrogen-bond donors (Lipinski definition) is 0. The summed E-state index contributed by atoms with van der Waals surface area (Å²) in [6.07, 6.45) is 2.49. The van der Waals surface area contributed by atoms with E-state index in [9.17, 15) is 14.4 Å². The van der Waals surface area contributed by atoms with Crippen LogP contribution < -0.4 is 28.4 Å². The van der Waals surface area contributed by atoms with Crippen molar-refractivity contribution in [3.8, 4) is 34.5 Å². The second-order valence-electron chi connectivity index (χ2n) is 12.4. The molecule has 47 heavy (non-hydrogen) atoms. The third-order valence-electron chi connectivity index (χ3n) is 9.25. The number of ether oxygens (including phenoxy) is 7. The first-order valence-electron chi connectivity index (χ1n) is 15.9. The molecule has 0 radical (unpaired) electrons. The van der Waals surface area contributed by atoms with Gasteiger partial charge in [-0.3, -0.25) is 9.59 Å². The molecule has 0 spiro atoms. The molecule has 12 nitrogen and oxygen atoms in total. The normalized spacial score (nSPS) is 21.1. The van der Waals surface area contributed by atoms with Crippen LogP contribution in [0.3, 0.4) is 0 Å². The number of methoxy groups -OCH3 is 6. The molecule has 2 aromatic rings. The monoisotopic (exact) mass is 656 g/mol. The Morgan fingerprint density at radius 1 is 0.702 bits per heavy atom. The summed E-state index contributed by atoms with van der Waals surface area (Å²) < 4.78 is 39.0. The molecule has 1 heterocycles. The topological polar surface area (TPSA) is 122 Å². The maximum absolute atomic E-state index is 14.2. The molecule has 1 saturated carbocycles. The fourth-order valence-corrected chi connectivity index (χ4v) is 6.65. The number of esters is 1. The molecule has 2 aromatic carbocycles. The molecular weight excluding hydrogens is 608 g/mol. The van der Waals surface area contributed by atoms with Gasteiger partial charge in [0, 0.05) is 24.2 Å². The Balaban J connectivity index is 1.70. The Morgan fingerprint density at radius 2 is 1.19 bits per heavy atom. The number of amides is 2. The van der Waals surface area contributed by atoms with E-state index in [1.165, 1.54) is 47.6 Å². The molecule has 2 aliphatic rings. The highest BCUT2D eigenvalue weighted by atomic mass is 16.6. The maximum Gasteiger partial charge on any atom is 0.331 e. The molecular formula is C35H48N2O10. The van der Waals surface area contributed by atoms with Gasteiger partial charge in [-0.1, -0.05) is 27.2 Å². The van der Waals surface area contributed by atoms with Crippen molar-refractivity contribution in [3.63, 3.8) is 0 Å². The van der Waals surface area contributed by atoms with Crippen molar-refractivity contribution < 1.29 is 47.5 Å². The van der Waals surface area contributed by atoms with Crippen LogP contribution in [-0.2, 0) is 9.53 Å². The first-order valence-corrected chi connectivity index (χ1v) is 15.9. The van der Waals surface area contributed by atoms with Crippen molar-refractivity contribution in [1.29, 1.82) is 0 Å². The van der Waals surface area contributed by atoms with Crippen LogP contribution >= 0.6 is 0 Å². The van der Waals surface area contributed by atoms with Gasteiger partial charge < -0.3 is 43.0 Å². The number of carbonyl (C=O) groups excluding carboxylic acids is 3. The van der Waals surface area contributed by atoms with Crippen LogP contribution in [0, 0.1) is 17.8 Å². The molecule has 0 N–H and O–H groups in total. The number of rotatable bonds is 11. The van der Waals surface area contributed by atoms with Crippen LogP contribution in [0.15, 0.2) is 24.3 Å². The average molecular weight is 657 g/mol. The molecule has 4 rings (SSSR count). The molecule has 0 bridgehead atoms. The highest BCUT2D eigenvalue weighted by Gasteiger charge is 2.42. The number of nitrogens with zero attached hydrogens (tertiary/aromatic N) is 2. The fraction of sp³-hybridized carbons (Fsp3) is 0.571. The van der Waals surface area contributed by atoms with Crippen LogP contribution in [0.1, 0.15) is 60.7 Å². The molecule has 2 amide bonds. The van der Waals surface area contributed by atoms with Gasteiger partial charge in [-0.05, 0) is 54.9 Å². The molecule has 0 aromatic heterocycles. The first-order chi connectivity index (χ1) is 22.5. The van der Waals surface area contributed by atoms with Gasteiger partial charge >= 0.3 is 5.97 Å². The summed E-state index contributed by atoms with van der Waals surface area (Å²) in [6, 6.07) is 5.18. The minimum absolute atomic E-state index is 0.0703. The summed E-state index contributed by atoms with van der Waals surface area (Å²) in [4.78, 5) is 45.3. The van der Waals surface area contributed by atoms with Crippen LogP contribution in [0.25, 0.3) is 0 Å². The van der Waals surface area contributed by atoms with Crippen molar-refractivity contribution in [2.45, 2.75) is 52.2 Å². The number of piperazine rings is 1. The zero-order chi connectivity index (χ0) is 34.4. The predicted octanol–water partition coefficient (Wildman–Crippen LogP) is 4.71. The van der Waals surface area contributed by atoms with E-state index in [2.05, 4.69) is 20.8 Å². The van der Waals surface area contributed by atoms with E-state index in [-0.39, 0.29) is 48.7 Å². The average Bonchev–Trinajstić information content (AvgIpc) is 3.08. The van der Waals surface area contributed by atoms with Gasteiger partial charge in [-0.2, -0.15) is 0 Å². The Kier molecular flexibility index (Phi) is 11.7. The van der Waals surface area contributed by atoms with Gasteiger partial charge in [0.05, 0.1) is 49.2 Å². The minimum atomic E-state index is -1.06. The zero-order valence-corrected chi connectivity index (χ0v) is 28.9. The minimum Gasteiger partial charge on any atom is -0.493 e. The van der Waals surface area contributed by atoms with Gasteiger partial charge in [-0.25, -0.2) is 4.79 Å². The summed E-state index contributed by atoms with van der Waals surface area (Å²) in [5.41, 5.74) is 0.532. The molecule has 1 saturated heterocycles. The van der Waals surface area contributed by atoms with Gasteiger partial charge in [0.15, 0.2) is 23.0 Å². The Labute approximate surface area is 277 Å². The molecule has 1 aliphatic carbocycles. The standard InChI is InChI=1S/C35H48N2O10/c1-20(2)24-11-10-21(3)14-26(24)47-35(40)25-19-36(33(38)22-15-27(41-4)31(45-8)28(16-22)42-5)12-13-37(25)34(39)23-17-29(43-6)32(46-9)30(18-23)44-7/h15-18,20-21,24-26H,10-14,19H2,1-9H3. The number of benzene rings is 2. The summed E-state index contributed by atoms with van der Waals surface area (Å²) in [7, 11) is 8.85. The van der Waals surface area contributed by atoms with E-state index in [4.69, 9.17) is 33.2 Å². The fourth-order valence-electron chi connectivity index (χ4n) is 6.65. The van der Waals surface area contributed by atoms with Crippen molar-refractivity contribution in [1.82, 2.24) is 9.80 Å². The van der Waals surface area contributed by atoms with E-state index in [1.807, 2.05) is 0 Å². The smallest absolute Gasteiger partial charge is 0.331 e. The second-order valence-corrected chi connectivity index (χ2v) is 12.4. The lowest BCUT2D eigenvalue weighted by Gasteiger charge is -2.42. The second kappa shape index (κ2) is 15.5. The molecule has 2 fully saturated rings. The predicted molar refractivity (Wildman–Crippen MR) is 174 cm³/mol. The lowest BCUT2D eigenvalue weighted by Crippen LogP contribution is -2.60. The van der Waals surface area contributed by atoms with E-state index in [1.54, 1.807) is 29.2 Å². The molecule has 1 aliphatic heterocycles. The highest BCUT2D eigenvalue weighted by molar-refractivity contribution is 6.00. The largest absolute Gasteiger partial charge is 0.493 e. The highest BCUT2D eigenvalue weighted by Crippen LogP contribution is 2.41. The summed E-state index contributed by atoms with van der Waals surface area (Å²) in [5, 5.41) is 0. The zero-order valence-electron chi connectivity index (χ0n) is 28.9. The van der Waals surface area contributed by atoms with E-state index >= 15 is 0 Å². The molecule has 12 heteroatoms. The van der Waals surface area contributed by atoms with Crippen LogP contribution in [0.2, 0.25) is 0 Å². The quantitative estimate of drug-likeness (QED) is 0.315. The van der Waals surface area contributed by atoms with Crippen molar-refractivity contribution in [2.75, 3.05) is 62.3 Å². The lowest BCUT2D eigenvalue weighted by atomic mass is 9.75. The van der Waals surface area contributed by atoms with Crippen LogP contribution in [0.5, 0.6) is 34.5 Å². The van der Waals surface area contributed by atoms with Crippen LogP contribution in [-0.4, -0.2) is 102 Å². The number of carbonyl (C=O) groups is 3. The van der Waals surface area contributed by atoms with E-state index in [0.717, 1.165) is 19.3 Å². The summed E-state index contributed by atoms with van der Waals surface area (Å²) >= 11 is 0. The van der Waals surface area contributed by atoms with Crippen LogP contribution in [0.4, 0.5) is 0 Å². The molecule has 4 atom stereocenters. The molecule has 258 valence electrons. The van der Waals surface area contributed by atoms with Crippen molar-refractivity contribution in [2.24, 2.45) is 17.8 Å². The third-order valence-corrected chi connectivity index (χ3v) is 9.25. The third kappa shape index (κ3) is 7.47. The summed E-state index contributed by atoms with van der Waals surface area (Å²) in [5.74, 6) is 1.57. The van der Waals surface area contributed by atoms with Gasteiger partial charge in [0.1, 0.15) is 12.1 Å². The Hall–Kier alpha value is -4.35. The molecule has 4 unspecified atom stereocenters. The van der Waals surface area contributed by atoms with E-state index < -0.39 is 17.9 Å². The van der Waals surface area contributed by atoms with Crippen molar-refractivity contribution >= 4 is 17.8 Å². The number of hydrogen-bond acceptors (Lipinski definition) is 10. The SMILES string of the molecule is COc1cc(C(=O)N2CCN(C(=O)c3cc(OC)c(OC)c(OC)c3)C(C(=O)OC3CC(C)CCC3C(C)C)C2)cc(OC)c1OC. The van der Waals surface area contributed by atoms with E-state index in [0.29, 0.717) is 46.3 Å². The Morgan fingerprint density at radius 3 is 1.64 bits per heavy atom. The lowest BCUT2D eigenvalue weighted by molar-refractivity contribution is -0.163. The van der Waals surface area contributed by atoms with Gasteiger partial charge in [0.2, 0.25) is 11.5 Å². The first kappa shape index (κ1) is 35.5. The maximum atomic E-state index is 14.2. The van der Waals surface area contributed by atoms with Gasteiger partial charge in [0.25, 0.3) is 11.8 Å². The Bertz CT molecular complexity index is 1390. The van der Waals surface area contributed by atoms with Crippen molar-refractivity contribution in [3.05, 3.63) is 35.4 Å². The van der Waals surface area contributed by atoms with Gasteiger partial charge in [-0.15, -0.1) is 0 Å². The summed E-state index contributed by atoms with van der Waals surface area (Å²) in [6.45, 7) is 6.63.